The number of benzene rings is 2. The Bertz CT molecular complexity index is 1110. The second-order valence-electron chi connectivity index (χ2n) is 6.69. The van der Waals surface area contributed by atoms with E-state index < -0.39 is 0 Å². The van der Waals surface area contributed by atoms with E-state index in [0.29, 0.717) is 10.7 Å². The molecule has 7 heteroatoms. The van der Waals surface area contributed by atoms with Gasteiger partial charge in [-0.3, -0.25) is 9.56 Å². The number of anilines is 2. The fraction of sp³-hybridized carbons (Fsp3) is 0.136. The topological polar surface area (TPSA) is 72.3 Å². The van der Waals surface area contributed by atoms with Crippen LogP contribution in [0.25, 0.3) is 11.4 Å². The molecular weight excluding hydrogens is 384 g/mol. The van der Waals surface area contributed by atoms with E-state index in [9.17, 15) is 0 Å². The van der Waals surface area contributed by atoms with Crippen molar-refractivity contribution in [1.82, 2.24) is 14.8 Å². The summed E-state index contributed by atoms with van der Waals surface area (Å²) < 4.78 is 2.11. The molecule has 1 aromatic heterocycles. The number of halogens is 1. The van der Waals surface area contributed by atoms with Crippen LogP contribution in [0.3, 0.4) is 0 Å². The summed E-state index contributed by atoms with van der Waals surface area (Å²) in [5.41, 5.74) is 10.1. The molecule has 2 N–H and O–H groups in total. The van der Waals surface area contributed by atoms with Gasteiger partial charge in [0.2, 0.25) is 0 Å². The zero-order valence-electron chi connectivity index (χ0n) is 16.1. The lowest BCUT2D eigenvalue weighted by atomic mass is 10.1. The molecule has 146 valence electrons. The molecule has 3 aromatic rings. The molecule has 0 unspecified atom stereocenters. The van der Waals surface area contributed by atoms with Gasteiger partial charge in [-0.1, -0.05) is 24.2 Å². The van der Waals surface area contributed by atoms with Gasteiger partial charge in [0.25, 0.3) is 0 Å². The number of fused-ring (bicyclic) bond motifs is 3. The number of hydrogen-bond acceptors (Lipinski definition) is 5. The summed E-state index contributed by atoms with van der Waals surface area (Å²) in [4.78, 5) is 6.63. The lowest BCUT2D eigenvalue weighted by molar-refractivity contribution is 0.838. The summed E-state index contributed by atoms with van der Waals surface area (Å²) >= 11 is 6.10. The number of allylic oxidation sites excluding steroid dienone is 1. The van der Waals surface area contributed by atoms with Crippen LogP contribution in [0.5, 0.6) is 0 Å². The van der Waals surface area contributed by atoms with Crippen molar-refractivity contribution in [3.8, 4) is 5.69 Å². The van der Waals surface area contributed by atoms with Crippen LogP contribution >= 0.6 is 11.6 Å². The first-order chi connectivity index (χ1) is 14.1. The van der Waals surface area contributed by atoms with Crippen LogP contribution in [0.4, 0.5) is 11.4 Å². The predicted octanol–water partition coefficient (Wildman–Crippen LogP) is 4.44. The molecular formula is C22H21ClN6. The highest BCUT2D eigenvalue weighted by atomic mass is 35.5. The summed E-state index contributed by atoms with van der Waals surface area (Å²) in [5, 5.41) is 9.35. The highest BCUT2D eigenvalue weighted by Crippen LogP contribution is 2.37. The van der Waals surface area contributed by atoms with E-state index in [0.717, 1.165) is 47.2 Å². The minimum Gasteiger partial charge on any atom is -0.405 e. The fourth-order valence-electron chi connectivity index (χ4n) is 3.47. The predicted molar refractivity (Wildman–Crippen MR) is 119 cm³/mol. The van der Waals surface area contributed by atoms with Gasteiger partial charge in [-0.2, -0.15) is 0 Å². The van der Waals surface area contributed by atoms with E-state index in [1.165, 1.54) is 6.20 Å². The van der Waals surface area contributed by atoms with Gasteiger partial charge >= 0.3 is 0 Å². The fourth-order valence-corrected chi connectivity index (χ4v) is 3.59. The molecule has 0 saturated carbocycles. The van der Waals surface area contributed by atoms with Crippen LogP contribution in [0.15, 0.2) is 66.3 Å². The van der Waals surface area contributed by atoms with Crippen LogP contribution in [-0.2, 0) is 6.42 Å². The zero-order chi connectivity index (χ0) is 20.4. The van der Waals surface area contributed by atoms with Crippen molar-refractivity contribution in [3.05, 3.63) is 83.6 Å². The maximum Gasteiger partial charge on any atom is 0.139 e. The molecule has 6 nitrogen and oxygen atoms in total. The molecule has 0 aliphatic carbocycles. The number of aromatic nitrogens is 3. The molecule has 0 saturated heterocycles. The van der Waals surface area contributed by atoms with Crippen LogP contribution in [0, 0.1) is 6.92 Å². The average Bonchev–Trinajstić information content (AvgIpc) is 3.00. The summed E-state index contributed by atoms with van der Waals surface area (Å²) in [7, 11) is 0. The molecule has 2 aromatic carbocycles. The van der Waals surface area contributed by atoms with E-state index in [1.807, 2.05) is 37.3 Å². The lowest BCUT2D eigenvalue weighted by Crippen LogP contribution is -2.19. The van der Waals surface area contributed by atoms with E-state index in [4.69, 9.17) is 17.3 Å². The Kier molecular flexibility index (Phi) is 5.18. The normalized spacial score (nSPS) is 13.5. The number of nitrogens with two attached hydrogens (primary N) is 1. The molecule has 0 bridgehead atoms. The third-order valence-corrected chi connectivity index (χ3v) is 5.11. The Labute approximate surface area is 174 Å². The van der Waals surface area contributed by atoms with Gasteiger partial charge in [-0.25, -0.2) is 0 Å². The van der Waals surface area contributed by atoms with Gasteiger partial charge < -0.3 is 10.6 Å². The van der Waals surface area contributed by atoms with Crippen LogP contribution in [0.2, 0.25) is 5.02 Å². The molecule has 1 aliphatic heterocycles. The van der Waals surface area contributed by atoms with Crippen molar-refractivity contribution in [2.24, 2.45) is 10.7 Å². The van der Waals surface area contributed by atoms with Gasteiger partial charge in [-0.15, -0.1) is 10.2 Å². The van der Waals surface area contributed by atoms with Crippen molar-refractivity contribution in [2.45, 2.75) is 13.3 Å². The van der Waals surface area contributed by atoms with E-state index >= 15 is 0 Å². The van der Waals surface area contributed by atoms with Crippen molar-refractivity contribution < 1.29 is 0 Å². The molecule has 0 amide bonds. The van der Waals surface area contributed by atoms with E-state index in [1.54, 1.807) is 12.3 Å². The average molecular weight is 405 g/mol. The maximum atomic E-state index is 6.10. The molecule has 0 radical (unpaired) electrons. The molecule has 0 atom stereocenters. The SMILES string of the molecule is C=C(/N=C\C=C/N)c1ccc2c(c1)N(c1ccc(Cl)cc1)CCc1nnc(C)n1-2. The smallest absolute Gasteiger partial charge is 0.139 e. The Hall–Kier alpha value is -3.38. The summed E-state index contributed by atoms with van der Waals surface area (Å²) in [6.45, 7) is 6.82. The first-order valence-electron chi connectivity index (χ1n) is 9.27. The van der Waals surface area contributed by atoms with E-state index in [-0.39, 0.29) is 0 Å². The Morgan fingerprint density at radius 2 is 1.97 bits per heavy atom. The van der Waals surface area contributed by atoms with Crippen molar-refractivity contribution in [2.75, 3.05) is 11.4 Å². The molecule has 0 fully saturated rings. The molecule has 2 heterocycles. The van der Waals surface area contributed by atoms with Gasteiger partial charge in [0.05, 0.1) is 17.1 Å². The van der Waals surface area contributed by atoms with Crippen LogP contribution in [-0.4, -0.2) is 27.5 Å². The van der Waals surface area contributed by atoms with Gasteiger partial charge in [0, 0.05) is 35.5 Å². The molecule has 0 spiro atoms. The minimum absolute atomic E-state index is 0.659. The summed E-state index contributed by atoms with van der Waals surface area (Å²) in [6.07, 6.45) is 5.51. The first-order valence-corrected chi connectivity index (χ1v) is 9.65. The number of rotatable bonds is 4. The monoisotopic (exact) mass is 404 g/mol. The Balaban J connectivity index is 1.85. The Morgan fingerprint density at radius 1 is 1.17 bits per heavy atom. The van der Waals surface area contributed by atoms with Crippen molar-refractivity contribution in [1.29, 1.82) is 0 Å². The zero-order valence-corrected chi connectivity index (χ0v) is 16.8. The van der Waals surface area contributed by atoms with E-state index in [2.05, 4.69) is 43.4 Å². The van der Waals surface area contributed by atoms with Crippen LogP contribution in [0.1, 0.15) is 17.2 Å². The third-order valence-electron chi connectivity index (χ3n) is 4.86. The highest BCUT2D eigenvalue weighted by molar-refractivity contribution is 6.30. The number of aliphatic imine (C=N–C) groups is 1. The second-order valence-corrected chi connectivity index (χ2v) is 7.13. The largest absolute Gasteiger partial charge is 0.405 e. The van der Waals surface area contributed by atoms with Crippen molar-refractivity contribution in [3.63, 3.8) is 0 Å². The molecule has 29 heavy (non-hydrogen) atoms. The lowest BCUT2D eigenvalue weighted by Gasteiger charge is -2.25. The minimum atomic E-state index is 0.659. The molecule has 4 rings (SSSR count). The maximum absolute atomic E-state index is 6.10. The highest BCUT2D eigenvalue weighted by Gasteiger charge is 2.24. The third kappa shape index (κ3) is 3.67. The summed E-state index contributed by atoms with van der Waals surface area (Å²) in [6, 6.07) is 14.0. The number of nitrogens with zero attached hydrogens (tertiary/aromatic N) is 5. The van der Waals surface area contributed by atoms with Crippen LogP contribution < -0.4 is 10.6 Å². The molecule has 1 aliphatic rings. The van der Waals surface area contributed by atoms with Gasteiger partial charge in [0.15, 0.2) is 0 Å². The standard InChI is InChI=1S/C22H21ClN6/c1-15(25-12-3-11-24)17-4-9-20-21(14-17)28(19-7-5-18(23)6-8-19)13-10-22-27-26-16(2)29(20)22/h3-9,11-12,14H,1,10,13,24H2,2H3/b11-3-,25-12-. The second kappa shape index (κ2) is 7.93. The summed E-state index contributed by atoms with van der Waals surface area (Å²) in [5.74, 6) is 1.80. The Morgan fingerprint density at radius 3 is 2.72 bits per heavy atom. The quantitative estimate of drug-likeness (QED) is 0.652. The van der Waals surface area contributed by atoms with Gasteiger partial charge in [-0.05, 0) is 55.6 Å². The number of aryl methyl sites for hydroxylation is 1. The number of hydrogen-bond donors (Lipinski definition) is 1. The van der Waals surface area contributed by atoms with Crippen molar-refractivity contribution >= 4 is 34.9 Å². The van der Waals surface area contributed by atoms with Gasteiger partial charge in [0.1, 0.15) is 11.6 Å². The first kappa shape index (κ1) is 19.0.